The molecule has 30 heavy (non-hydrogen) atoms. The summed E-state index contributed by atoms with van der Waals surface area (Å²) in [5.41, 5.74) is 1.66. The van der Waals surface area contributed by atoms with Gasteiger partial charge in [0.2, 0.25) is 0 Å². The average Bonchev–Trinajstić information content (AvgIpc) is 3.02. The van der Waals surface area contributed by atoms with Crippen LogP contribution in [0.3, 0.4) is 0 Å². The summed E-state index contributed by atoms with van der Waals surface area (Å²) < 4.78 is 33.4. The zero-order valence-electron chi connectivity index (χ0n) is 15.7. The first-order chi connectivity index (χ1) is 14.2. The number of thioether (sulfide) groups is 1. The van der Waals surface area contributed by atoms with E-state index < -0.39 is 16.4 Å². The molecule has 8 nitrogen and oxygen atoms in total. The zero-order chi connectivity index (χ0) is 21.7. The lowest BCUT2D eigenvalue weighted by Crippen LogP contribution is -2.23. The molecule has 2 unspecified atom stereocenters. The molecule has 1 aliphatic rings. The molecule has 3 rings (SSSR count). The molecule has 0 bridgehead atoms. The van der Waals surface area contributed by atoms with Gasteiger partial charge in [0.15, 0.2) is 10.9 Å². The minimum atomic E-state index is -4.26. The maximum atomic E-state index is 11.8. The minimum Gasteiger partial charge on any atom is -0.490 e. The van der Waals surface area contributed by atoms with Crippen molar-refractivity contribution >= 4 is 39.3 Å². The maximum absolute atomic E-state index is 11.8. The Kier molecular flexibility index (Phi) is 7.03. The first kappa shape index (κ1) is 22.2. The molecule has 2 aromatic rings. The fraction of sp³-hybridized carbons (Fsp3) is 0.250. The molecule has 0 aromatic heterocycles. The Balaban J connectivity index is 1.66. The molecule has 2 N–H and O–H groups in total. The van der Waals surface area contributed by atoms with Crippen molar-refractivity contribution in [2.75, 3.05) is 6.61 Å². The summed E-state index contributed by atoms with van der Waals surface area (Å²) in [6.07, 6.45) is 0.0225. The molecule has 1 heterocycles. The Bertz CT molecular complexity index is 1050. The van der Waals surface area contributed by atoms with Crippen LogP contribution in [-0.4, -0.2) is 37.5 Å². The monoisotopic (exact) mass is 449 g/mol. The van der Waals surface area contributed by atoms with Crippen LogP contribution >= 0.6 is 11.8 Å². The highest BCUT2D eigenvalue weighted by Gasteiger charge is 2.31. The number of Topliss-reactive ketones (excluding diaryl/α,β-unsaturated/α-hetero) is 1. The quantitative estimate of drug-likeness (QED) is 0.454. The van der Waals surface area contributed by atoms with Gasteiger partial charge in [-0.05, 0) is 35.7 Å². The number of aldehydes is 1. The number of carbonyl (C=O) groups excluding carboxylic acids is 3. The van der Waals surface area contributed by atoms with Crippen molar-refractivity contribution in [3.63, 3.8) is 0 Å². The van der Waals surface area contributed by atoms with Crippen LogP contribution in [0.1, 0.15) is 34.0 Å². The van der Waals surface area contributed by atoms with Gasteiger partial charge in [-0.3, -0.25) is 14.4 Å². The first-order valence-corrected chi connectivity index (χ1v) is 11.3. The summed E-state index contributed by atoms with van der Waals surface area (Å²) in [7, 11) is -4.26. The van der Waals surface area contributed by atoms with Crippen LogP contribution in [0.4, 0.5) is 0 Å². The molecule has 0 saturated carbocycles. The van der Waals surface area contributed by atoms with Gasteiger partial charge in [0, 0.05) is 5.56 Å². The summed E-state index contributed by atoms with van der Waals surface area (Å²) in [6.45, 7) is -0.163. The molecule has 0 radical (unpaired) electrons. The Morgan fingerprint density at radius 1 is 1.17 bits per heavy atom. The van der Waals surface area contributed by atoms with E-state index in [-0.39, 0.29) is 29.2 Å². The van der Waals surface area contributed by atoms with Crippen LogP contribution in [0.2, 0.25) is 0 Å². The fourth-order valence-electron chi connectivity index (χ4n) is 2.96. The Morgan fingerprint density at radius 2 is 1.90 bits per heavy atom. The van der Waals surface area contributed by atoms with Crippen molar-refractivity contribution in [1.82, 2.24) is 0 Å². The van der Waals surface area contributed by atoms with E-state index in [0.29, 0.717) is 29.6 Å². The molecule has 2 aromatic carbocycles. The molecular weight excluding hydrogens is 430 g/mol. The predicted octanol–water partition coefficient (Wildman–Crippen LogP) is 1.98. The summed E-state index contributed by atoms with van der Waals surface area (Å²) in [4.78, 5) is 34.1. The van der Waals surface area contributed by atoms with Crippen LogP contribution in [0.5, 0.6) is 5.75 Å². The van der Waals surface area contributed by atoms with Crippen molar-refractivity contribution < 1.29 is 31.7 Å². The number of rotatable bonds is 9. The highest BCUT2D eigenvalue weighted by Crippen LogP contribution is 2.28. The predicted molar refractivity (Wildman–Crippen MR) is 110 cm³/mol. The Labute approximate surface area is 178 Å². The molecular formula is C20H19NO7S2. The molecule has 1 aliphatic heterocycles. The number of hydrogen-bond acceptors (Lipinski definition) is 8. The molecule has 10 heteroatoms. The van der Waals surface area contributed by atoms with E-state index in [1.54, 1.807) is 42.5 Å². The molecule has 0 amide bonds. The van der Waals surface area contributed by atoms with Crippen molar-refractivity contribution in [2.45, 2.75) is 24.2 Å². The number of benzene rings is 2. The van der Waals surface area contributed by atoms with Crippen molar-refractivity contribution in [3.8, 4) is 5.75 Å². The van der Waals surface area contributed by atoms with Crippen molar-refractivity contribution in [3.05, 3.63) is 65.2 Å². The molecule has 2 atom stereocenters. The van der Waals surface area contributed by atoms with Crippen LogP contribution in [0.15, 0.2) is 48.5 Å². The lowest BCUT2D eigenvalue weighted by atomic mass is 10.1. The van der Waals surface area contributed by atoms with Crippen LogP contribution in [-0.2, 0) is 30.5 Å². The second-order valence-corrected chi connectivity index (χ2v) is 9.08. The molecule has 1 saturated heterocycles. The van der Waals surface area contributed by atoms with E-state index >= 15 is 0 Å². The molecule has 158 valence electrons. The summed E-state index contributed by atoms with van der Waals surface area (Å²) >= 11 is 1.06. The van der Waals surface area contributed by atoms with Crippen LogP contribution in [0, 0.1) is 0 Å². The second kappa shape index (κ2) is 9.52. The molecule has 0 aliphatic carbocycles. The second-order valence-electron chi connectivity index (χ2n) is 6.65. The topological polar surface area (TPSA) is 130 Å². The summed E-state index contributed by atoms with van der Waals surface area (Å²) in [5.74, 6) is 0.389. The number of ketones is 1. The van der Waals surface area contributed by atoms with Crippen LogP contribution < -0.4 is 9.88 Å². The van der Waals surface area contributed by atoms with Gasteiger partial charge in [-0.1, -0.05) is 42.1 Å². The van der Waals surface area contributed by atoms with Gasteiger partial charge in [-0.25, -0.2) is 9.32 Å². The van der Waals surface area contributed by atoms with E-state index in [0.717, 1.165) is 17.3 Å². The number of nitrogens with two attached hydrogens (primary N) is 1. The van der Waals surface area contributed by atoms with E-state index in [9.17, 15) is 22.8 Å². The van der Waals surface area contributed by atoms with Crippen molar-refractivity contribution in [1.29, 1.82) is 0 Å². The van der Waals surface area contributed by atoms with E-state index in [1.165, 1.54) is 6.07 Å². The number of hydrogen-bond donors (Lipinski definition) is 1. The summed E-state index contributed by atoms with van der Waals surface area (Å²) in [6, 6.07) is 13.2. The van der Waals surface area contributed by atoms with E-state index in [2.05, 4.69) is 0 Å². The summed E-state index contributed by atoms with van der Waals surface area (Å²) in [5, 5.41) is 4.54. The van der Waals surface area contributed by atoms with Gasteiger partial charge in [0.1, 0.15) is 24.7 Å². The lowest BCUT2D eigenvalue weighted by Gasteiger charge is -2.18. The largest absolute Gasteiger partial charge is 0.490 e. The highest BCUT2D eigenvalue weighted by molar-refractivity contribution is 8.15. The Morgan fingerprint density at radius 3 is 2.50 bits per heavy atom. The number of ether oxygens (including phenoxy) is 1. The van der Waals surface area contributed by atoms with Crippen molar-refractivity contribution in [2.24, 2.45) is 5.14 Å². The minimum absolute atomic E-state index is 0.0206. The molecule has 0 spiro atoms. The average molecular weight is 450 g/mol. The highest BCUT2D eigenvalue weighted by atomic mass is 32.2. The van der Waals surface area contributed by atoms with Crippen LogP contribution in [0.25, 0.3) is 0 Å². The van der Waals surface area contributed by atoms with Gasteiger partial charge < -0.3 is 4.74 Å². The van der Waals surface area contributed by atoms with Gasteiger partial charge in [0.05, 0.1) is 11.7 Å². The normalized spacial score (nSPS) is 17.7. The fourth-order valence-corrected chi connectivity index (χ4v) is 4.48. The van der Waals surface area contributed by atoms with Gasteiger partial charge in [-0.15, -0.1) is 0 Å². The van der Waals surface area contributed by atoms with Gasteiger partial charge >= 0.3 is 10.3 Å². The third-order valence-corrected chi connectivity index (χ3v) is 5.99. The third kappa shape index (κ3) is 6.23. The molecule has 1 fully saturated rings. The third-order valence-electron chi connectivity index (χ3n) is 4.37. The smallest absolute Gasteiger partial charge is 0.333 e. The van der Waals surface area contributed by atoms with Gasteiger partial charge in [-0.2, -0.15) is 8.42 Å². The van der Waals surface area contributed by atoms with E-state index in [1.807, 2.05) is 0 Å². The SMILES string of the molecule is NS(=O)(=O)OC(COc1ccc(CC2SC(=O)CC2=O)cc1)c1cccc(C=O)c1. The Hall–Kier alpha value is -2.53. The zero-order valence-corrected chi connectivity index (χ0v) is 17.4. The maximum Gasteiger partial charge on any atom is 0.333 e. The lowest BCUT2D eigenvalue weighted by molar-refractivity contribution is -0.121. The standard InChI is InChI=1S/C20H19NO7S2/c21-30(25,26)28-18(15-3-1-2-14(8-15)11-22)12-27-16-6-4-13(5-7-16)9-19-17(23)10-20(24)29-19/h1-8,11,18-19H,9-10,12H2,(H2,21,25,26). The first-order valence-electron chi connectivity index (χ1n) is 8.93. The van der Waals surface area contributed by atoms with E-state index in [4.69, 9.17) is 14.1 Å². The van der Waals surface area contributed by atoms with Gasteiger partial charge in [0.25, 0.3) is 0 Å². The number of carbonyl (C=O) groups is 3.